The lowest BCUT2D eigenvalue weighted by molar-refractivity contribution is -0.0328. The summed E-state index contributed by atoms with van der Waals surface area (Å²) in [7, 11) is 1.01. The van der Waals surface area contributed by atoms with E-state index in [2.05, 4.69) is 4.74 Å². The molecule has 1 aromatic rings. The monoisotopic (exact) mass is 295 g/mol. The fourth-order valence-electron chi connectivity index (χ4n) is 1.16. The minimum atomic E-state index is -4.64. The number of hydrogen-bond donors (Lipinski definition) is 0. The number of esters is 1. The molecule has 0 fully saturated rings. The Kier molecular flexibility index (Phi) is 4.48. The highest BCUT2D eigenvalue weighted by Gasteiger charge is 2.34. The summed E-state index contributed by atoms with van der Waals surface area (Å²) < 4.78 is 41.5. The van der Waals surface area contributed by atoms with Crippen molar-refractivity contribution >= 4 is 29.3 Å². The number of thioether (sulfide) groups is 1. The van der Waals surface area contributed by atoms with E-state index in [1.54, 1.807) is 6.07 Å². The number of carbonyl (C=O) groups is 1. The molecule has 0 atom stereocenters. The summed E-state index contributed by atoms with van der Waals surface area (Å²) in [4.78, 5) is 10.9. The number of methoxy groups -OCH3 is 1. The van der Waals surface area contributed by atoms with Gasteiger partial charge in [0.2, 0.25) is 0 Å². The third kappa shape index (κ3) is 3.31. The van der Waals surface area contributed by atoms with Crippen molar-refractivity contribution in [1.29, 1.82) is 5.26 Å². The Balaban J connectivity index is 3.47. The number of carbonyl (C=O) groups excluding carboxylic acids is 1. The normalized spacial score (nSPS) is 10.9. The zero-order valence-corrected chi connectivity index (χ0v) is 10.4. The number of rotatable bonds is 2. The van der Waals surface area contributed by atoms with Crippen LogP contribution < -0.4 is 0 Å². The fourth-order valence-corrected chi connectivity index (χ4v) is 2.20. The molecule has 0 aromatic heterocycles. The maximum Gasteiger partial charge on any atom is 0.446 e. The molecule has 3 nitrogen and oxygen atoms in total. The first-order valence-corrected chi connectivity index (χ1v) is 5.56. The van der Waals surface area contributed by atoms with Gasteiger partial charge in [0.15, 0.2) is 0 Å². The van der Waals surface area contributed by atoms with Crippen LogP contribution in [0.5, 0.6) is 0 Å². The van der Waals surface area contributed by atoms with Gasteiger partial charge in [-0.1, -0.05) is 11.6 Å². The highest BCUT2D eigenvalue weighted by atomic mass is 35.5. The second-order valence-corrected chi connectivity index (χ2v) is 4.43. The van der Waals surface area contributed by atoms with Gasteiger partial charge in [0.25, 0.3) is 0 Å². The van der Waals surface area contributed by atoms with E-state index in [-0.39, 0.29) is 10.6 Å². The lowest BCUT2D eigenvalue weighted by atomic mass is 10.1. The van der Waals surface area contributed by atoms with E-state index in [1.807, 2.05) is 0 Å². The van der Waals surface area contributed by atoms with Gasteiger partial charge in [-0.3, -0.25) is 0 Å². The Morgan fingerprint density at radius 3 is 2.56 bits per heavy atom. The summed E-state index contributed by atoms with van der Waals surface area (Å²) in [6.07, 6.45) is 0. The SMILES string of the molecule is COC(=O)c1c(Cl)ccc(C#N)c1SC(F)(F)F. The van der Waals surface area contributed by atoms with E-state index in [9.17, 15) is 18.0 Å². The van der Waals surface area contributed by atoms with E-state index in [1.165, 1.54) is 6.07 Å². The zero-order chi connectivity index (χ0) is 13.9. The van der Waals surface area contributed by atoms with Crippen LogP contribution in [0.2, 0.25) is 5.02 Å². The van der Waals surface area contributed by atoms with E-state index in [4.69, 9.17) is 16.9 Å². The first kappa shape index (κ1) is 14.7. The second kappa shape index (κ2) is 5.50. The van der Waals surface area contributed by atoms with Crippen molar-refractivity contribution < 1.29 is 22.7 Å². The summed E-state index contributed by atoms with van der Waals surface area (Å²) in [6, 6.07) is 3.86. The number of hydrogen-bond acceptors (Lipinski definition) is 4. The van der Waals surface area contributed by atoms with Crippen molar-refractivity contribution in [1.82, 2.24) is 0 Å². The maximum atomic E-state index is 12.4. The molecule has 18 heavy (non-hydrogen) atoms. The third-order valence-corrected chi connectivity index (χ3v) is 3.01. The fraction of sp³-hybridized carbons (Fsp3) is 0.200. The largest absolute Gasteiger partial charge is 0.465 e. The van der Waals surface area contributed by atoms with Crippen LogP contribution in [0.4, 0.5) is 13.2 Å². The number of benzene rings is 1. The van der Waals surface area contributed by atoms with Crippen LogP contribution in [0.15, 0.2) is 17.0 Å². The molecular formula is C10H5ClF3NO2S. The smallest absolute Gasteiger partial charge is 0.446 e. The minimum Gasteiger partial charge on any atom is -0.465 e. The predicted molar refractivity (Wildman–Crippen MR) is 59.4 cm³/mol. The Hall–Kier alpha value is -1.39. The quantitative estimate of drug-likeness (QED) is 0.618. The number of nitriles is 1. The molecule has 0 aliphatic rings. The molecule has 0 aliphatic carbocycles. The van der Waals surface area contributed by atoms with Crippen LogP contribution in [-0.4, -0.2) is 18.6 Å². The molecule has 0 spiro atoms. The third-order valence-electron chi connectivity index (χ3n) is 1.83. The van der Waals surface area contributed by atoms with E-state index in [0.717, 1.165) is 13.2 Å². The van der Waals surface area contributed by atoms with E-state index in [0.29, 0.717) is 0 Å². The van der Waals surface area contributed by atoms with Crippen LogP contribution in [0.3, 0.4) is 0 Å². The molecular weight excluding hydrogens is 291 g/mol. The number of ether oxygens (including phenoxy) is 1. The molecule has 0 heterocycles. The van der Waals surface area contributed by atoms with Crippen LogP contribution in [0.1, 0.15) is 15.9 Å². The summed E-state index contributed by atoms with van der Waals surface area (Å²) in [5.41, 5.74) is -5.39. The topological polar surface area (TPSA) is 50.1 Å². The molecule has 96 valence electrons. The van der Waals surface area contributed by atoms with Crippen LogP contribution in [0.25, 0.3) is 0 Å². The van der Waals surface area contributed by atoms with Gasteiger partial charge in [0.1, 0.15) is 6.07 Å². The van der Waals surface area contributed by atoms with Gasteiger partial charge in [-0.05, 0) is 23.9 Å². The van der Waals surface area contributed by atoms with E-state index < -0.39 is 33.7 Å². The Bertz CT molecular complexity index is 525. The first-order chi connectivity index (χ1) is 8.30. The maximum absolute atomic E-state index is 12.4. The standard InChI is InChI=1S/C10H5ClF3NO2S/c1-17-9(16)7-6(11)3-2-5(4-15)8(7)18-10(12,13)14/h2-3H,1H3. The summed E-state index contributed by atoms with van der Waals surface area (Å²) in [6.45, 7) is 0. The van der Waals surface area contributed by atoms with Crippen molar-refractivity contribution in [3.8, 4) is 6.07 Å². The van der Waals surface area contributed by atoms with Gasteiger partial charge >= 0.3 is 11.5 Å². The molecule has 1 rings (SSSR count). The zero-order valence-electron chi connectivity index (χ0n) is 8.84. The number of nitrogens with zero attached hydrogens (tertiary/aromatic N) is 1. The minimum absolute atomic E-state index is 0.201. The van der Waals surface area contributed by atoms with Gasteiger partial charge in [-0.2, -0.15) is 18.4 Å². The van der Waals surface area contributed by atoms with E-state index >= 15 is 0 Å². The van der Waals surface area contributed by atoms with Crippen molar-refractivity contribution in [2.75, 3.05) is 7.11 Å². The van der Waals surface area contributed by atoms with Crippen molar-refractivity contribution in [3.63, 3.8) is 0 Å². The Morgan fingerprint density at radius 2 is 2.11 bits per heavy atom. The van der Waals surface area contributed by atoms with Gasteiger partial charge in [0.05, 0.1) is 23.3 Å². The average molecular weight is 296 g/mol. The molecule has 8 heteroatoms. The molecule has 0 bridgehead atoms. The Morgan fingerprint density at radius 1 is 1.50 bits per heavy atom. The van der Waals surface area contributed by atoms with Crippen molar-refractivity contribution in [3.05, 3.63) is 28.3 Å². The second-order valence-electron chi connectivity index (χ2n) is 2.95. The molecule has 0 saturated carbocycles. The van der Waals surface area contributed by atoms with Gasteiger partial charge < -0.3 is 4.74 Å². The molecule has 0 aliphatic heterocycles. The van der Waals surface area contributed by atoms with Gasteiger partial charge in [-0.15, -0.1) is 0 Å². The molecule has 1 aromatic carbocycles. The van der Waals surface area contributed by atoms with Crippen molar-refractivity contribution in [2.45, 2.75) is 10.4 Å². The first-order valence-electron chi connectivity index (χ1n) is 4.36. The van der Waals surface area contributed by atoms with Crippen molar-refractivity contribution in [2.24, 2.45) is 0 Å². The highest BCUT2D eigenvalue weighted by Crippen LogP contribution is 2.42. The molecule has 0 unspecified atom stereocenters. The molecule has 0 radical (unpaired) electrons. The molecule has 0 N–H and O–H groups in total. The van der Waals surface area contributed by atoms with Crippen LogP contribution >= 0.6 is 23.4 Å². The average Bonchev–Trinajstić information content (AvgIpc) is 2.27. The lowest BCUT2D eigenvalue weighted by Crippen LogP contribution is -2.09. The van der Waals surface area contributed by atoms with Gasteiger partial charge in [0, 0.05) is 4.90 Å². The van der Waals surface area contributed by atoms with Crippen LogP contribution in [-0.2, 0) is 4.74 Å². The molecule has 0 amide bonds. The predicted octanol–water partition coefficient (Wildman–Crippen LogP) is 3.61. The summed E-state index contributed by atoms with van der Waals surface area (Å²) in [5.74, 6) is -1.02. The van der Waals surface area contributed by atoms with Crippen LogP contribution in [0, 0.1) is 11.3 Å². The summed E-state index contributed by atoms with van der Waals surface area (Å²) >= 11 is 5.10. The lowest BCUT2D eigenvalue weighted by Gasteiger charge is -2.12. The number of halogens is 4. The highest BCUT2D eigenvalue weighted by molar-refractivity contribution is 8.00. The Labute approximate surface area is 109 Å². The number of alkyl halides is 3. The summed E-state index contributed by atoms with van der Waals surface area (Å²) in [5, 5.41) is 8.56. The molecule has 0 saturated heterocycles. The van der Waals surface area contributed by atoms with Gasteiger partial charge in [-0.25, -0.2) is 4.79 Å².